The molecular formula is C17H31IN2O3S3. The van der Waals surface area contributed by atoms with Crippen LogP contribution in [0.25, 0.3) is 0 Å². The highest BCUT2D eigenvalue weighted by Crippen LogP contribution is 2.26. The molecule has 2 N–H and O–H groups in total. The minimum atomic E-state index is -0.288. The van der Waals surface area contributed by atoms with Gasteiger partial charge in [-0.05, 0) is 84.8 Å². The summed E-state index contributed by atoms with van der Waals surface area (Å²) < 4.78 is 0.0375. The molecule has 152 valence electrons. The molecule has 0 saturated carbocycles. The minimum absolute atomic E-state index is 0.0375. The van der Waals surface area contributed by atoms with Gasteiger partial charge >= 0.3 is 0 Å². The molecule has 0 aliphatic heterocycles. The van der Waals surface area contributed by atoms with Gasteiger partial charge in [0.15, 0.2) is 3.79 Å². The first-order valence-corrected chi connectivity index (χ1v) is 12.0. The minimum Gasteiger partial charge on any atom is -0.349 e. The number of carbonyl (C=O) groups is 3. The van der Waals surface area contributed by atoms with Crippen molar-refractivity contribution < 1.29 is 14.4 Å². The molecule has 0 radical (unpaired) electrons. The van der Waals surface area contributed by atoms with Crippen molar-refractivity contribution in [1.29, 1.82) is 0 Å². The van der Waals surface area contributed by atoms with Crippen molar-refractivity contribution in [1.82, 2.24) is 10.6 Å². The van der Waals surface area contributed by atoms with E-state index in [1.54, 1.807) is 22.6 Å². The van der Waals surface area contributed by atoms with Gasteiger partial charge in [-0.25, -0.2) is 0 Å². The lowest BCUT2D eigenvalue weighted by Gasteiger charge is -2.35. The van der Waals surface area contributed by atoms with E-state index in [0.717, 1.165) is 55.8 Å². The van der Waals surface area contributed by atoms with Gasteiger partial charge in [-0.3, -0.25) is 14.4 Å². The van der Waals surface area contributed by atoms with E-state index in [2.05, 4.69) is 48.5 Å². The third kappa shape index (κ3) is 13.5. The molecule has 0 rings (SSSR count). The molecule has 0 aromatic carbocycles. The van der Waals surface area contributed by atoms with Crippen LogP contribution in [-0.2, 0) is 14.4 Å². The first kappa shape index (κ1) is 26.4. The van der Waals surface area contributed by atoms with Gasteiger partial charge in [0.1, 0.15) is 0 Å². The topological polar surface area (TPSA) is 75.3 Å². The maximum Gasteiger partial charge on any atom is 0.239 e. The zero-order valence-electron chi connectivity index (χ0n) is 15.1. The number of nitrogens with one attached hydrogen (secondary N) is 2. The summed E-state index contributed by atoms with van der Waals surface area (Å²) in [6, 6.07) is 0. The van der Waals surface area contributed by atoms with Crippen molar-refractivity contribution in [3.8, 4) is 0 Å². The van der Waals surface area contributed by atoms with Crippen molar-refractivity contribution in [3.05, 3.63) is 0 Å². The van der Waals surface area contributed by atoms with Gasteiger partial charge in [0.05, 0.1) is 6.54 Å². The number of halogens is 1. The Morgan fingerprint density at radius 1 is 0.769 bits per heavy atom. The molecule has 26 heavy (non-hydrogen) atoms. The Labute approximate surface area is 187 Å². The molecule has 2 amide bonds. The Balaban J connectivity index is 4.61. The van der Waals surface area contributed by atoms with Crippen molar-refractivity contribution in [2.45, 2.75) is 63.3 Å². The van der Waals surface area contributed by atoms with Gasteiger partial charge in [-0.2, -0.15) is 37.9 Å². The molecule has 0 spiro atoms. The molecule has 0 aromatic heterocycles. The molecular weight excluding hydrogens is 503 g/mol. The highest BCUT2D eigenvalue weighted by molar-refractivity contribution is 14.1. The molecule has 9 heteroatoms. The van der Waals surface area contributed by atoms with Crippen molar-refractivity contribution in [3.63, 3.8) is 0 Å². The van der Waals surface area contributed by atoms with E-state index < -0.39 is 0 Å². The van der Waals surface area contributed by atoms with Crippen molar-refractivity contribution in [2.75, 3.05) is 23.8 Å². The van der Waals surface area contributed by atoms with Gasteiger partial charge in [-0.15, -0.1) is 0 Å². The highest BCUT2D eigenvalue weighted by Gasteiger charge is 2.30. The third-order valence-electron chi connectivity index (χ3n) is 4.07. The molecule has 0 aliphatic rings. The summed E-state index contributed by atoms with van der Waals surface area (Å²) in [5.74, 6) is 1.92. The molecule has 0 aromatic rings. The van der Waals surface area contributed by atoms with E-state index in [4.69, 9.17) is 0 Å². The zero-order chi connectivity index (χ0) is 19.8. The van der Waals surface area contributed by atoms with Crippen LogP contribution in [0.3, 0.4) is 0 Å². The number of carbonyl (C=O) groups excluding carboxylic acids is 3. The molecule has 0 heterocycles. The Kier molecular flexibility index (Phi) is 16.6. The second-order valence-electron chi connectivity index (χ2n) is 6.30. The van der Waals surface area contributed by atoms with E-state index in [0.29, 0.717) is 12.8 Å². The van der Waals surface area contributed by atoms with Gasteiger partial charge in [0.2, 0.25) is 11.8 Å². The molecule has 0 bridgehead atoms. The summed E-state index contributed by atoms with van der Waals surface area (Å²) in [5.41, 5.74) is -0.288. The van der Waals surface area contributed by atoms with E-state index in [9.17, 15) is 14.4 Å². The number of hydrogen-bond acceptors (Lipinski definition) is 6. The van der Waals surface area contributed by atoms with Crippen LogP contribution in [0.5, 0.6) is 0 Å². The van der Waals surface area contributed by atoms with E-state index in [-0.39, 0.29) is 34.1 Å². The van der Waals surface area contributed by atoms with Crippen LogP contribution in [0.15, 0.2) is 0 Å². The monoisotopic (exact) mass is 534 g/mol. The Morgan fingerprint density at radius 3 is 1.69 bits per heavy atom. The van der Waals surface area contributed by atoms with Gasteiger partial charge < -0.3 is 10.6 Å². The number of thiol groups is 3. The number of amides is 2. The quantitative estimate of drug-likeness (QED) is 0.120. The summed E-state index contributed by atoms with van der Waals surface area (Å²) in [6.07, 6.45) is 6.45. The molecule has 0 saturated heterocycles. The first-order valence-electron chi connectivity index (χ1n) is 8.97. The van der Waals surface area contributed by atoms with Gasteiger partial charge in [-0.1, -0.05) is 0 Å². The van der Waals surface area contributed by atoms with Crippen LogP contribution in [0.2, 0.25) is 0 Å². The fourth-order valence-corrected chi connectivity index (χ4v) is 3.67. The van der Waals surface area contributed by atoms with Gasteiger partial charge in [0, 0.05) is 18.4 Å². The lowest BCUT2D eigenvalue weighted by molar-refractivity contribution is -0.127. The molecule has 0 unspecified atom stereocenters. The fraction of sp³-hybridized carbons (Fsp3) is 0.824. The standard InChI is InChI=1S/C17H31IN2O3S3/c18-14(21)5-1-6-15(22)19-13-16(23)20-17(7-2-10-24,8-3-11-25)9-4-12-26/h24-26H,1-13H2,(H,19,22)(H,20,23). The fourth-order valence-electron chi connectivity index (χ4n) is 2.81. The lowest BCUT2D eigenvalue weighted by atomic mass is 9.84. The molecule has 0 atom stereocenters. The van der Waals surface area contributed by atoms with Crippen LogP contribution < -0.4 is 10.6 Å². The van der Waals surface area contributed by atoms with Crippen LogP contribution >= 0.6 is 60.5 Å². The van der Waals surface area contributed by atoms with E-state index in [1.165, 1.54) is 0 Å². The molecule has 5 nitrogen and oxygen atoms in total. The first-order chi connectivity index (χ1) is 12.4. The van der Waals surface area contributed by atoms with Crippen LogP contribution in [-0.4, -0.2) is 44.9 Å². The predicted octanol–water partition coefficient (Wildman–Crippen LogP) is 3.22. The average Bonchev–Trinajstić information content (AvgIpc) is 2.60. The molecule has 0 fully saturated rings. The summed E-state index contributed by atoms with van der Waals surface area (Å²) >= 11 is 14.6. The van der Waals surface area contributed by atoms with E-state index in [1.807, 2.05) is 0 Å². The average molecular weight is 535 g/mol. The summed E-state index contributed by atoms with van der Waals surface area (Å²) in [6.45, 7) is -0.0403. The van der Waals surface area contributed by atoms with Crippen LogP contribution in [0.4, 0.5) is 0 Å². The Bertz CT molecular complexity index is 418. The SMILES string of the molecule is O=C(I)CCCC(=O)NCC(=O)NC(CCCS)(CCCS)CCCS. The number of hydrogen-bond donors (Lipinski definition) is 5. The predicted molar refractivity (Wildman–Crippen MR) is 126 cm³/mol. The summed E-state index contributed by atoms with van der Waals surface area (Å²) in [4.78, 5) is 35.1. The summed E-state index contributed by atoms with van der Waals surface area (Å²) in [5, 5.41) is 5.79. The largest absolute Gasteiger partial charge is 0.349 e. The molecule has 0 aliphatic carbocycles. The second-order valence-corrected chi connectivity index (χ2v) is 8.84. The van der Waals surface area contributed by atoms with E-state index >= 15 is 0 Å². The summed E-state index contributed by atoms with van der Waals surface area (Å²) in [7, 11) is 0. The normalized spacial score (nSPS) is 11.2. The zero-order valence-corrected chi connectivity index (χ0v) is 20.0. The highest BCUT2D eigenvalue weighted by atomic mass is 127. The van der Waals surface area contributed by atoms with Crippen molar-refractivity contribution >= 4 is 76.1 Å². The smallest absolute Gasteiger partial charge is 0.239 e. The maximum atomic E-state index is 12.4. The lowest BCUT2D eigenvalue weighted by Crippen LogP contribution is -2.51. The van der Waals surface area contributed by atoms with Gasteiger partial charge in [0.25, 0.3) is 0 Å². The van der Waals surface area contributed by atoms with Crippen LogP contribution in [0.1, 0.15) is 57.8 Å². The number of rotatable bonds is 16. The van der Waals surface area contributed by atoms with Crippen molar-refractivity contribution in [2.24, 2.45) is 0 Å². The van der Waals surface area contributed by atoms with Crippen LogP contribution in [0, 0.1) is 0 Å². The Hall–Kier alpha value is 0.390. The maximum absolute atomic E-state index is 12.4. The third-order valence-corrected chi connectivity index (χ3v) is 5.56. The second kappa shape index (κ2) is 16.4. The Morgan fingerprint density at radius 2 is 1.27 bits per heavy atom.